The summed E-state index contributed by atoms with van der Waals surface area (Å²) in [6, 6.07) is 0. The molecule has 0 radical (unpaired) electrons. The van der Waals surface area contributed by atoms with Crippen molar-refractivity contribution in [2.24, 2.45) is 13.0 Å². The van der Waals surface area contributed by atoms with Crippen LogP contribution >= 0.6 is 11.8 Å². The van der Waals surface area contributed by atoms with Crippen LogP contribution in [0.3, 0.4) is 0 Å². The Labute approximate surface area is 93.7 Å². The SMILES string of the molecule is Cc1nn(C)c(SCC(C)C)c1C(=O)O. The van der Waals surface area contributed by atoms with Crippen LogP contribution < -0.4 is 0 Å². The molecule has 1 N–H and O–H groups in total. The van der Waals surface area contributed by atoms with E-state index in [1.165, 1.54) is 0 Å². The second-order valence-electron chi connectivity index (χ2n) is 3.90. The summed E-state index contributed by atoms with van der Waals surface area (Å²) in [6.45, 7) is 5.94. The van der Waals surface area contributed by atoms with E-state index in [9.17, 15) is 4.79 Å². The highest BCUT2D eigenvalue weighted by molar-refractivity contribution is 7.99. The van der Waals surface area contributed by atoms with Gasteiger partial charge in [0.2, 0.25) is 0 Å². The minimum Gasteiger partial charge on any atom is -0.478 e. The second-order valence-corrected chi connectivity index (χ2v) is 4.91. The van der Waals surface area contributed by atoms with Crippen LogP contribution in [0.15, 0.2) is 5.03 Å². The molecule has 0 bridgehead atoms. The summed E-state index contributed by atoms with van der Waals surface area (Å²) in [4.78, 5) is 11.0. The summed E-state index contributed by atoms with van der Waals surface area (Å²) in [6.07, 6.45) is 0. The summed E-state index contributed by atoms with van der Waals surface area (Å²) < 4.78 is 1.64. The molecule has 1 aromatic rings. The van der Waals surface area contributed by atoms with Gasteiger partial charge in [-0.3, -0.25) is 4.68 Å². The number of carboxylic acid groups (broad SMARTS) is 1. The molecule has 0 aromatic carbocycles. The first-order chi connectivity index (χ1) is 6.93. The molecule has 84 valence electrons. The average Bonchev–Trinajstić information content (AvgIpc) is 2.37. The van der Waals surface area contributed by atoms with E-state index in [4.69, 9.17) is 5.11 Å². The van der Waals surface area contributed by atoms with E-state index in [0.29, 0.717) is 17.2 Å². The molecule has 0 amide bonds. The van der Waals surface area contributed by atoms with Crippen molar-refractivity contribution >= 4 is 17.7 Å². The van der Waals surface area contributed by atoms with E-state index < -0.39 is 5.97 Å². The molecule has 0 aliphatic carbocycles. The lowest BCUT2D eigenvalue weighted by Gasteiger charge is -2.05. The predicted octanol–water partition coefficient (Wildman–Crippen LogP) is 2.17. The summed E-state index contributed by atoms with van der Waals surface area (Å²) >= 11 is 1.55. The lowest BCUT2D eigenvalue weighted by atomic mass is 10.3. The summed E-state index contributed by atoms with van der Waals surface area (Å²) in [7, 11) is 1.78. The van der Waals surface area contributed by atoms with Gasteiger partial charge in [-0.15, -0.1) is 11.8 Å². The van der Waals surface area contributed by atoms with Crippen LogP contribution in [-0.2, 0) is 7.05 Å². The van der Waals surface area contributed by atoms with Crippen molar-refractivity contribution < 1.29 is 9.90 Å². The molecule has 0 aliphatic rings. The lowest BCUT2D eigenvalue weighted by Crippen LogP contribution is -2.02. The van der Waals surface area contributed by atoms with Gasteiger partial charge >= 0.3 is 5.97 Å². The lowest BCUT2D eigenvalue weighted by molar-refractivity contribution is 0.0692. The molecule has 0 atom stereocenters. The number of carboxylic acids is 1. The van der Waals surface area contributed by atoms with Crippen LogP contribution in [0.25, 0.3) is 0 Å². The summed E-state index contributed by atoms with van der Waals surface area (Å²) in [5, 5.41) is 13.9. The van der Waals surface area contributed by atoms with Crippen LogP contribution in [0, 0.1) is 12.8 Å². The standard InChI is InChI=1S/C10H16N2O2S/c1-6(2)5-15-9-8(10(13)14)7(3)11-12(9)4/h6H,5H2,1-4H3,(H,13,14). The van der Waals surface area contributed by atoms with Gasteiger partial charge < -0.3 is 5.11 Å². The summed E-state index contributed by atoms with van der Waals surface area (Å²) in [5.74, 6) is 0.540. The molecule has 15 heavy (non-hydrogen) atoms. The maximum Gasteiger partial charge on any atom is 0.340 e. The smallest absolute Gasteiger partial charge is 0.340 e. The number of hydrogen-bond acceptors (Lipinski definition) is 3. The third-order valence-electron chi connectivity index (χ3n) is 1.94. The maximum absolute atomic E-state index is 11.0. The Hall–Kier alpha value is -0.970. The van der Waals surface area contributed by atoms with E-state index in [2.05, 4.69) is 18.9 Å². The van der Waals surface area contributed by atoms with Crippen molar-refractivity contribution in [2.75, 3.05) is 5.75 Å². The first kappa shape index (κ1) is 12.1. The second kappa shape index (κ2) is 4.70. The predicted molar refractivity (Wildman–Crippen MR) is 60.5 cm³/mol. The third-order valence-corrected chi connectivity index (χ3v) is 3.51. The molecule has 0 unspecified atom stereocenters. The zero-order valence-electron chi connectivity index (χ0n) is 9.44. The van der Waals surface area contributed by atoms with Crippen LogP contribution in [-0.4, -0.2) is 26.6 Å². The minimum absolute atomic E-state index is 0.336. The summed E-state index contributed by atoms with van der Waals surface area (Å²) in [5.41, 5.74) is 0.916. The molecule has 5 heteroatoms. The normalized spacial score (nSPS) is 11.0. The Morgan fingerprint density at radius 3 is 2.67 bits per heavy atom. The van der Waals surface area contributed by atoms with Crippen LogP contribution in [0.2, 0.25) is 0 Å². The van der Waals surface area contributed by atoms with Gasteiger partial charge in [-0.25, -0.2) is 4.79 Å². The highest BCUT2D eigenvalue weighted by atomic mass is 32.2. The molecular weight excluding hydrogens is 212 g/mol. The van der Waals surface area contributed by atoms with Gasteiger partial charge in [0.15, 0.2) is 0 Å². The van der Waals surface area contributed by atoms with Gasteiger partial charge in [-0.1, -0.05) is 13.8 Å². The Kier molecular flexibility index (Phi) is 3.79. The van der Waals surface area contributed by atoms with E-state index >= 15 is 0 Å². The molecule has 0 fully saturated rings. The molecule has 4 nitrogen and oxygen atoms in total. The number of aryl methyl sites for hydroxylation is 2. The number of rotatable bonds is 4. The maximum atomic E-state index is 11.0. The fraction of sp³-hybridized carbons (Fsp3) is 0.600. The van der Waals surface area contributed by atoms with Gasteiger partial charge in [-0.05, 0) is 12.8 Å². The van der Waals surface area contributed by atoms with Gasteiger partial charge in [0.1, 0.15) is 10.6 Å². The van der Waals surface area contributed by atoms with Gasteiger partial charge in [0.25, 0.3) is 0 Å². The van der Waals surface area contributed by atoms with Gasteiger partial charge in [0, 0.05) is 12.8 Å². The number of thioether (sulfide) groups is 1. The van der Waals surface area contributed by atoms with Crippen molar-refractivity contribution in [3.05, 3.63) is 11.3 Å². The number of nitrogens with zero attached hydrogens (tertiary/aromatic N) is 2. The Bertz CT molecular complexity index is 372. The largest absolute Gasteiger partial charge is 0.478 e. The van der Waals surface area contributed by atoms with E-state index in [0.717, 1.165) is 10.8 Å². The molecule has 1 aromatic heterocycles. The fourth-order valence-corrected chi connectivity index (χ4v) is 2.39. The van der Waals surface area contributed by atoms with Crippen LogP contribution in [0.4, 0.5) is 0 Å². The van der Waals surface area contributed by atoms with Crippen molar-refractivity contribution in [1.82, 2.24) is 9.78 Å². The first-order valence-corrected chi connectivity index (χ1v) is 5.81. The monoisotopic (exact) mass is 228 g/mol. The number of hydrogen-bond donors (Lipinski definition) is 1. The van der Waals surface area contributed by atoms with Crippen molar-refractivity contribution in [3.8, 4) is 0 Å². The first-order valence-electron chi connectivity index (χ1n) is 4.83. The molecule has 0 saturated heterocycles. The highest BCUT2D eigenvalue weighted by Gasteiger charge is 2.19. The van der Waals surface area contributed by atoms with Crippen LogP contribution in [0.1, 0.15) is 29.9 Å². The van der Waals surface area contributed by atoms with Crippen LogP contribution in [0.5, 0.6) is 0 Å². The Balaban J connectivity index is 2.99. The average molecular weight is 228 g/mol. The van der Waals surface area contributed by atoms with E-state index in [1.807, 2.05) is 0 Å². The zero-order valence-corrected chi connectivity index (χ0v) is 10.3. The fourth-order valence-electron chi connectivity index (χ4n) is 1.29. The quantitative estimate of drug-likeness (QED) is 0.802. The van der Waals surface area contributed by atoms with Crippen molar-refractivity contribution in [1.29, 1.82) is 0 Å². The topological polar surface area (TPSA) is 55.1 Å². The molecule has 1 heterocycles. The van der Waals surface area contributed by atoms with Crippen molar-refractivity contribution in [2.45, 2.75) is 25.8 Å². The van der Waals surface area contributed by atoms with Gasteiger partial charge in [0.05, 0.1) is 5.69 Å². The van der Waals surface area contributed by atoms with Gasteiger partial charge in [-0.2, -0.15) is 5.10 Å². The number of carbonyl (C=O) groups is 1. The Morgan fingerprint density at radius 1 is 1.60 bits per heavy atom. The highest BCUT2D eigenvalue weighted by Crippen LogP contribution is 2.26. The molecule has 0 aliphatic heterocycles. The van der Waals surface area contributed by atoms with E-state index in [-0.39, 0.29) is 0 Å². The van der Waals surface area contributed by atoms with E-state index in [1.54, 1.807) is 30.4 Å². The minimum atomic E-state index is -0.896. The number of aromatic nitrogens is 2. The Morgan fingerprint density at radius 2 is 2.20 bits per heavy atom. The zero-order chi connectivity index (χ0) is 11.6. The third kappa shape index (κ3) is 2.75. The van der Waals surface area contributed by atoms with Crippen molar-refractivity contribution in [3.63, 3.8) is 0 Å². The molecular formula is C10H16N2O2S. The molecule has 0 saturated carbocycles. The number of aromatic carboxylic acids is 1. The molecule has 1 rings (SSSR count). The molecule has 0 spiro atoms.